The first-order valence-electron chi connectivity index (χ1n) is 12.5. The number of carbonyl (C=O) groups excluding carboxylic acids is 2. The minimum absolute atomic E-state index is 0.0509. The molecule has 0 aliphatic heterocycles. The number of amides is 2. The molecular weight excluding hydrogens is 542 g/mol. The number of benzene rings is 2. The van der Waals surface area contributed by atoms with E-state index in [4.69, 9.17) is 21.1 Å². The molecule has 1 heterocycles. The van der Waals surface area contributed by atoms with Gasteiger partial charge in [-0.25, -0.2) is 0 Å². The van der Waals surface area contributed by atoms with Crippen LogP contribution < -0.4 is 9.47 Å². The van der Waals surface area contributed by atoms with Crippen molar-refractivity contribution in [1.29, 1.82) is 0 Å². The van der Waals surface area contributed by atoms with Crippen LogP contribution in [0.25, 0.3) is 0 Å². The lowest BCUT2D eigenvalue weighted by Crippen LogP contribution is -2.43. The van der Waals surface area contributed by atoms with E-state index in [1.165, 1.54) is 17.0 Å². The van der Waals surface area contributed by atoms with Crippen LogP contribution in [-0.2, 0) is 17.8 Å². The van der Waals surface area contributed by atoms with Gasteiger partial charge in [-0.2, -0.15) is 0 Å². The van der Waals surface area contributed by atoms with E-state index in [0.29, 0.717) is 44.0 Å². The van der Waals surface area contributed by atoms with Crippen LogP contribution in [0.3, 0.4) is 0 Å². The van der Waals surface area contributed by atoms with Gasteiger partial charge in [-0.15, -0.1) is 11.3 Å². The first kappa shape index (κ1) is 29.9. The van der Waals surface area contributed by atoms with Gasteiger partial charge in [0.15, 0.2) is 11.5 Å². The fourth-order valence-corrected chi connectivity index (χ4v) is 4.92. The second kappa shape index (κ2) is 14.5. The maximum absolute atomic E-state index is 13.6. The molecule has 0 N–H and O–H groups in total. The highest BCUT2D eigenvalue weighted by atomic mass is 35.5. The molecule has 11 heteroatoms. The molecule has 0 aliphatic rings. The van der Waals surface area contributed by atoms with Gasteiger partial charge in [0.2, 0.25) is 5.91 Å². The Morgan fingerprint density at radius 3 is 2.44 bits per heavy atom. The number of nitro benzene ring substituents is 1. The third kappa shape index (κ3) is 8.18. The Hall–Kier alpha value is -3.63. The maximum Gasteiger partial charge on any atom is 0.288 e. The van der Waals surface area contributed by atoms with E-state index in [0.717, 1.165) is 22.9 Å². The summed E-state index contributed by atoms with van der Waals surface area (Å²) in [6.07, 6.45) is 2.08. The van der Waals surface area contributed by atoms with Crippen molar-refractivity contribution in [3.63, 3.8) is 0 Å². The lowest BCUT2D eigenvalue weighted by Gasteiger charge is -2.28. The molecule has 0 saturated carbocycles. The van der Waals surface area contributed by atoms with Crippen LogP contribution in [0, 0.1) is 10.1 Å². The molecule has 39 heavy (non-hydrogen) atoms. The lowest BCUT2D eigenvalue weighted by molar-refractivity contribution is -0.384. The molecule has 2 amide bonds. The Labute approximate surface area is 237 Å². The molecule has 0 radical (unpaired) electrons. The Morgan fingerprint density at radius 2 is 1.79 bits per heavy atom. The summed E-state index contributed by atoms with van der Waals surface area (Å²) in [4.78, 5) is 41.9. The van der Waals surface area contributed by atoms with Gasteiger partial charge in [0, 0.05) is 29.6 Å². The second-order valence-corrected chi connectivity index (χ2v) is 10.3. The van der Waals surface area contributed by atoms with Crippen molar-refractivity contribution in [3.05, 3.63) is 85.1 Å². The Balaban J connectivity index is 1.81. The third-order valence-electron chi connectivity index (χ3n) is 6.18. The summed E-state index contributed by atoms with van der Waals surface area (Å²) in [6.45, 7) is 3.02. The third-order valence-corrected chi connectivity index (χ3v) is 7.36. The Bertz CT molecular complexity index is 1280. The number of nitro groups is 1. The van der Waals surface area contributed by atoms with Gasteiger partial charge in [0.1, 0.15) is 11.6 Å². The van der Waals surface area contributed by atoms with E-state index < -0.39 is 10.8 Å². The van der Waals surface area contributed by atoms with Gasteiger partial charge < -0.3 is 19.3 Å². The Morgan fingerprint density at radius 1 is 1.03 bits per heavy atom. The van der Waals surface area contributed by atoms with Crippen LogP contribution in [0.5, 0.6) is 11.5 Å². The van der Waals surface area contributed by atoms with Gasteiger partial charge in [-0.05, 0) is 54.1 Å². The molecule has 2 aromatic carbocycles. The Kier molecular flexibility index (Phi) is 11.1. The van der Waals surface area contributed by atoms with Crippen molar-refractivity contribution in [1.82, 2.24) is 9.80 Å². The predicted octanol–water partition coefficient (Wildman–Crippen LogP) is 5.84. The quantitative estimate of drug-likeness (QED) is 0.177. The van der Waals surface area contributed by atoms with Gasteiger partial charge in [-0.3, -0.25) is 19.7 Å². The number of nitrogens with zero attached hydrogens (tertiary/aromatic N) is 3. The summed E-state index contributed by atoms with van der Waals surface area (Å²) in [5.74, 6) is 0.573. The average molecular weight is 574 g/mol. The standard InChI is InChI=1S/C28H32ClN3O6S/c1-4-5-13-31(28(34)21-9-10-23(29)24(17-21)32(35)36)19-27(33)30(18-22-7-6-15-39-22)14-12-20-8-11-25(37-2)26(16-20)38-3/h6-11,15-17H,4-5,12-14,18-19H2,1-3H3. The molecule has 0 bridgehead atoms. The minimum Gasteiger partial charge on any atom is -0.493 e. The summed E-state index contributed by atoms with van der Waals surface area (Å²) < 4.78 is 10.7. The van der Waals surface area contributed by atoms with E-state index in [2.05, 4.69) is 0 Å². The van der Waals surface area contributed by atoms with Gasteiger partial charge in [-0.1, -0.05) is 37.1 Å². The van der Waals surface area contributed by atoms with Crippen LogP contribution in [0.4, 0.5) is 5.69 Å². The molecule has 1 aromatic heterocycles. The number of hydrogen-bond donors (Lipinski definition) is 0. The van der Waals surface area contributed by atoms with Crippen LogP contribution >= 0.6 is 22.9 Å². The molecule has 0 atom stereocenters. The van der Waals surface area contributed by atoms with Crippen LogP contribution in [0.15, 0.2) is 53.9 Å². The SMILES string of the molecule is CCCCN(CC(=O)N(CCc1ccc(OC)c(OC)c1)Cc1cccs1)C(=O)c1ccc(Cl)c([N+](=O)[O-])c1. The zero-order valence-electron chi connectivity index (χ0n) is 22.2. The zero-order valence-corrected chi connectivity index (χ0v) is 23.8. The largest absolute Gasteiger partial charge is 0.493 e. The summed E-state index contributed by atoms with van der Waals surface area (Å²) in [6, 6.07) is 13.5. The molecule has 0 unspecified atom stereocenters. The second-order valence-electron chi connectivity index (χ2n) is 8.84. The van der Waals surface area contributed by atoms with Crippen molar-refractivity contribution in [3.8, 4) is 11.5 Å². The summed E-state index contributed by atoms with van der Waals surface area (Å²) >= 11 is 7.49. The number of thiophene rings is 1. The molecule has 0 spiro atoms. The molecule has 3 aromatic rings. The first-order chi connectivity index (χ1) is 18.8. The monoisotopic (exact) mass is 573 g/mol. The fraction of sp³-hybridized carbons (Fsp3) is 0.357. The highest BCUT2D eigenvalue weighted by Crippen LogP contribution is 2.28. The highest BCUT2D eigenvalue weighted by molar-refractivity contribution is 7.09. The van der Waals surface area contributed by atoms with E-state index in [-0.39, 0.29) is 28.7 Å². The fourth-order valence-electron chi connectivity index (χ4n) is 4.02. The molecule has 0 saturated heterocycles. The normalized spacial score (nSPS) is 10.7. The topological polar surface area (TPSA) is 102 Å². The van der Waals surface area contributed by atoms with E-state index in [1.54, 1.807) is 30.5 Å². The molecule has 0 fully saturated rings. The lowest BCUT2D eigenvalue weighted by atomic mass is 10.1. The van der Waals surface area contributed by atoms with Gasteiger partial charge in [0.05, 0.1) is 25.7 Å². The van der Waals surface area contributed by atoms with E-state index in [1.807, 2.05) is 42.6 Å². The number of halogens is 1. The molecular formula is C28H32ClN3O6S. The zero-order chi connectivity index (χ0) is 28.4. The van der Waals surface area contributed by atoms with Crippen LogP contribution in [0.2, 0.25) is 5.02 Å². The predicted molar refractivity (Wildman–Crippen MR) is 152 cm³/mol. The van der Waals surface area contributed by atoms with Crippen molar-refractivity contribution in [2.45, 2.75) is 32.7 Å². The number of rotatable bonds is 14. The molecule has 0 aliphatic carbocycles. The number of methoxy groups -OCH3 is 2. The minimum atomic E-state index is -0.627. The van der Waals surface area contributed by atoms with Crippen molar-refractivity contribution in [2.24, 2.45) is 0 Å². The number of hydrogen-bond acceptors (Lipinski definition) is 7. The summed E-state index contributed by atoms with van der Waals surface area (Å²) in [7, 11) is 3.15. The highest BCUT2D eigenvalue weighted by Gasteiger charge is 2.25. The van der Waals surface area contributed by atoms with Crippen LogP contribution in [-0.4, -0.2) is 60.4 Å². The number of unbranched alkanes of at least 4 members (excludes halogenated alkanes) is 1. The molecule has 208 valence electrons. The molecule has 3 rings (SSSR count). The van der Waals surface area contributed by atoms with E-state index in [9.17, 15) is 19.7 Å². The average Bonchev–Trinajstić information content (AvgIpc) is 3.45. The number of ether oxygens (including phenoxy) is 2. The maximum atomic E-state index is 13.6. The van der Waals surface area contributed by atoms with E-state index >= 15 is 0 Å². The van der Waals surface area contributed by atoms with Crippen molar-refractivity contribution >= 4 is 40.4 Å². The van der Waals surface area contributed by atoms with Gasteiger partial charge in [0.25, 0.3) is 11.6 Å². The smallest absolute Gasteiger partial charge is 0.288 e. The van der Waals surface area contributed by atoms with Crippen LogP contribution in [0.1, 0.15) is 40.6 Å². The summed E-state index contributed by atoms with van der Waals surface area (Å²) in [5, 5.41) is 13.2. The summed E-state index contributed by atoms with van der Waals surface area (Å²) in [5.41, 5.74) is 0.743. The first-order valence-corrected chi connectivity index (χ1v) is 13.8. The van der Waals surface area contributed by atoms with Crippen molar-refractivity contribution < 1.29 is 24.0 Å². The van der Waals surface area contributed by atoms with Gasteiger partial charge >= 0.3 is 0 Å². The van der Waals surface area contributed by atoms with Crippen molar-refractivity contribution in [2.75, 3.05) is 33.9 Å². The number of carbonyl (C=O) groups is 2. The molecule has 9 nitrogen and oxygen atoms in total.